The lowest BCUT2D eigenvalue weighted by Gasteiger charge is -2.70. The number of carboxylic acid groups (broad SMARTS) is 1. The molecule has 0 aromatic rings. The van der Waals surface area contributed by atoms with E-state index < -0.39 is 47.0 Å². The molecule has 0 amide bonds. The summed E-state index contributed by atoms with van der Waals surface area (Å²) in [5.41, 5.74) is 0.215. The topological polar surface area (TPSA) is 127 Å². The van der Waals surface area contributed by atoms with Crippen molar-refractivity contribution in [3.8, 4) is 0 Å². The van der Waals surface area contributed by atoms with E-state index in [2.05, 4.69) is 20.8 Å². The van der Waals surface area contributed by atoms with E-state index in [1.54, 1.807) is 0 Å². The number of hydrogen-bond donors (Lipinski definition) is 2. The number of carbonyl (C=O) groups is 4. The minimum Gasteiger partial charge on any atom is -0.478 e. The summed E-state index contributed by atoms with van der Waals surface area (Å²) >= 11 is 0. The van der Waals surface area contributed by atoms with Gasteiger partial charge in [-0.05, 0) is 80.6 Å². The second-order valence-electron chi connectivity index (χ2n) is 14.0. The number of aliphatic carboxylic acids is 1. The number of ether oxygens (including phenoxy) is 2. The highest BCUT2D eigenvalue weighted by Crippen LogP contribution is 2.74. The van der Waals surface area contributed by atoms with Crippen LogP contribution < -0.4 is 0 Å². The Balaban J connectivity index is 1.90. The molecule has 0 unspecified atom stereocenters. The first-order valence-corrected chi connectivity index (χ1v) is 15.2. The van der Waals surface area contributed by atoms with E-state index in [9.17, 15) is 29.4 Å². The van der Waals surface area contributed by atoms with Crippen molar-refractivity contribution in [1.82, 2.24) is 0 Å². The third kappa shape index (κ3) is 4.88. The predicted molar refractivity (Wildman–Crippen MR) is 152 cm³/mol. The molecule has 0 aromatic heterocycles. The number of esters is 2. The number of ketones is 1. The number of Topliss-reactive ketones (excluding diaryl/α,β-unsaturated/α-hetero) is 1. The highest BCUT2D eigenvalue weighted by molar-refractivity contribution is 5.88. The first-order chi connectivity index (χ1) is 19.0. The van der Waals surface area contributed by atoms with Crippen LogP contribution in [0.25, 0.3) is 0 Å². The van der Waals surface area contributed by atoms with Gasteiger partial charge in [0, 0.05) is 43.1 Å². The van der Waals surface area contributed by atoms with Gasteiger partial charge in [0.25, 0.3) is 0 Å². The molecule has 4 fully saturated rings. The number of allylic oxidation sites excluding steroid dienone is 2. The Kier molecular flexibility index (Phi) is 8.42. The molecule has 0 aliphatic heterocycles. The Labute approximate surface area is 243 Å². The van der Waals surface area contributed by atoms with Gasteiger partial charge in [0.1, 0.15) is 18.0 Å². The van der Waals surface area contributed by atoms with Crippen LogP contribution in [0, 0.1) is 39.9 Å². The number of hydrogen-bond acceptors (Lipinski definition) is 7. The smallest absolute Gasteiger partial charge is 0.331 e. The summed E-state index contributed by atoms with van der Waals surface area (Å²) in [5, 5.41) is 22.7. The second kappa shape index (κ2) is 11.0. The number of fused-ring (bicyclic) bond motifs is 5. The molecule has 8 nitrogen and oxygen atoms in total. The zero-order valence-electron chi connectivity index (χ0n) is 25.9. The number of aliphatic hydroxyl groups is 1. The average Bonchev–Trinajstić information content (AvgIpc) is 3.14. The summed E-state index contributed by atoms with van der Waals surface area (Å²) in [6.07, 6.45) is 3.11. The van der Waals surface area contributed by atoms with Crippen LogP contribution in [0.4, 0.5) is 0 Å². The van der Waals surface area contributed by atoms with Gasteiger partial charge in [-0.15, -0.1) is 0 Å². The Morgan fingerprint density at radius 3 is 2.22 bits per heavy atom. The van der Waals surface area contributed by atoms with Crippen LogP contribution in [0.1, 0.15) is 100 Å². The number of carbonyl (C=O) groups excluding carboxylic acids is 3. The highest BCUT2D eigenvalue weighted by Gasteiger charge is 2.74. The molecule has 10 atom stereocenters. The van der Waals surface area contributed by atoms with Crippen LogP contribution >= 0.6 is 0 Å². The largest absolute Gasteiger partial charge is 0.478 e. The first-order valence-electron chi connectivity index (χ1n) is 15.2. The summed E-state index contributed by atoms with van der Waals surface area (Å²) in [6.45, 7) is 14.9. The average molecular weight is 573 g/mol. The third-order valence-corrected chi connectivity index (χ3v) is 11.8. The maximum atomic E-state index is 12.9. The molecule has 4 saturated carbocycles. The summed E-state index contributed by atoms with van der Waals surface area (Å²) in [6, 6.07) is 0. The maximum Gasteiger partial charge on any atom is 0.331 e. The lowest BCUT2D eigenvalue weighted by atomic mass is 9.35. The van der Waals surface area contributed by atoms with Crippen LogP contribution in [-0.4, -0.2) is 52.2 Å². The fourth-order valence-electron chi connectivity index (χ4n) is 9.95. The van der Waals surface area contributed by atoms with Crippen molar-refractivity contribution >= 4 is 23.7 Å². The van der Waals surface area contributed by atoms with Crippen molar-refractivity contribution in [2.24, 2.45) is 39.9 Å². The van der Waals surface area contributed by atoms with Gasteiger partial charge in [0.05, 0.1) is 6.10 Å². The molecule has 4 rings (SSSR count). The standard InChI is InChI=1S/C33H48O8/c1-17(2)10-9-11-21(30(38)39)26-22-12-13-25-31(6)15-14-23(36)18(3)27(31)28(41-20(5)35)29(37)33(25,8)32(22,7)16-24(26)40-19(4)34/h10,18,22,24-25,27-29,37H,9,11-16H2,1-8H3,(H,38,39)/b26-21-/t18-,22+,24+,25+,27-,28-,29+,31-,32+,33-/m1/s1. The quantitative estimate of drug-likeness (QED) is 0.246. The van der Waals surface area contributed by atoms with E-state index in [1.807, 2.05) is 26.8 Å². The van der Waals surface area contributed by atoms with Crippen LogP contribution in [0.3, 0.4) is 0 Å². The molecule has 4 aliphatic carbocycles. The normalized spacial score (nSPS) is 42.8. The Hall–Kier alpha value is -2.48. The molecule has 4 aliphatic rings. The fourth-order valence-corrected chi connectivity index (χ4v) is 9.95. The minimum atomic E-state index is -1.08. The number of aliphatic hydroxyl groups excluding tert-OH is 1. The molecule has 0 saturated heterocycles. The summed E-state index contributed by atoms with van der Waals surface area (Å²) in [5.74, 6) is -2.77. The maximum absolute atomic E-state index is 12.9. The second-order valence-corrected chi connectivity index (χ2v) is 14.0. The zero-order chi connectivity index (χ0) is 30.7. The molecule has 0 aromatic carbocycles. The number of carboxylic acids is 1. The lowest BCUT2D eigenvalue weighted by Crippen LogP contribution is -2.72. The van der Waals surface area contributed by atoms with Crippen molar-refractivity contribution in [2.75, 3.05) is 0 Å². The molecule has 0 bridgehead atoms. The fraction of sp³-hybridized carbons (Fsp3) is 0.758. The van der Waals surface area contributed by atoms with E-state index in [0.29, 0.717) is 44.1 Å². The molecular weight excluding hydrogens is 524 g/mol. The summed E-state index contributed by atoms with van der Waals surface area (Å²) in [7, 11) is 0. The Morgan fingerprint density at radius 2 is 1.66 bits per heavy atom. The van der Waals surface area contributed by atoms with Crippen molar-refractivity contribution < 1.29 is 38.9 Å². The van der Waals surface area contributed by atoms with Crippen molar-refractivity contribution in [1.29, 1.82) is 0 Å². The van der Waals surface area contributed by atoms with Crippen molar-refractivity contribution in [3.05, 3.63) is 22.8 Å². The molecule has 0 radical (unpaired) electrons. The van der Waals surface area contributed by atoms with Gasteiger partial charge < -0.3 is 19.7 Å². The Bertz CT molecular complexity index is 1180. The van der Waals surface area contributed by atoms with E-state index in [-0.39, 0.29) is 40.4 Å². The van der Waals surface area contributed by atoms with Gasteiger partial charge in [0.2, 0.25) is 0 Å². The van der Waals surface area contributed by atoms with Crippen molar-refractivity contribution in [3.63, 3.8) is 0 Å². The SMILES string of the molecule is CC(=O)O[C@@H]1[C@H]2[C@H](C)C(=O)CC[C@]2(C)[C@@H]2CC[C@H]3/C(=C(\CCC=C(C)C)C(=O)O)[C@@H](OC(C)=O)C[C@]3(C)[C@@]2(C)[C@H]1O. The molecule has 0 heterocycles. The predicted octanol–water partition coefficient (Wildman–Crippen LogP) is 5.42. The van der Waals surface area contributed by atoms with Gasteiger partial charge in [-0.3, -0.25) is 14.4 Å². The molecular formula is C33H48O8. The van der Waals surface area contributed by atoms with Gasteiger partial charge >= 0.3 is 17.9 Å². The van der Waals surface area contributed by atoms with Gasteiger partial charge in [-0.1, -0.05) is 39.3 Å². The van der Waals surface area contributed by atoms with Gasteiger partial charge in [-0.2, -0.15) is 0 Å². The lowest BCUT2D eigenvalue weighted by molar-refractivity contribution is -0.278. The van der Waals surface area contributed by atoms with E-state index in [4.69, 9.17) is 9.47 Å². The highest BCUT2D eigenvalue weighted by atomic mass is 16.6. The minimum absolute atomic E-state index is 0.00473. The summed E-state index contributed by atoms with van der Waals surface area (Å²) < 4.78 is 11.8. The molecule has 228 valence electrons. The monoisotopic (exact) mass is 572 g/mol. The van der Waals surface area contributed by atoms with Crippen LogP contribution in [-0.2, 0) is 28.7 Å². The van der Waals surface area contributed by atoms with Crippen LogP contribution in [0.5, 0.6) is 0 Å². The van der Waals surface area contributed by atoms with E-state index in [1.165, 1.54) is 13.8 Å². The van der Waals surface area contributed by atoms with E-state index >= 15 is 0 Å². The Morgan fingerprint density at radius 1 is 1.02 bits per heavy atom. The third-order valence-electron chi connectivity index (χ3n) is 11.8. The van der Waals surface area contributed by atoms with E-state index in [0.717, 1.165) is 12.0 Å². The first kappa shape index (κ1) is 31.5. The van der Waals surface area contributed by atoms with Crippen LogP contribution in [0.2, 0.25) is 0 Å². The summed E-state index contributed by atoms with van der Waals surface area (Å²) in [4.78, 5) is 50.4. The molecule has 41 heavy (non-hydrogen) atoms. The van der Waals surface area contributed by atoms with Gasteiger partial charge in [-0.25, -0.2) is 4.79 Å². The number of rotatable bonds is 6. The van der Waals surface area contributed by atoms with Gasteiger partial charge in [0.15, 0.2) is 0 Å². The molecule has 2 N–H and O–H groups in total. The van der Waals surface area contributed by atoms with Crippen molar-refractivity contribution in [2.45, 2.75) is 119 Å². The zero-order valence-corrected chi connectivity index (χ0v) is 25.9. The van der Waals surface area contributed by atoms with Crippen LogP contribution in [0.15, 0.2) is 22.8 Å². The molecule has 8 heteroatoms. The molecule has 0 spiro atoms.